The minimum Gasteiger partial charge on any atom is -0.384 e. The zero-order valence-corrected chi connectivity index (χ0v) is 15.8. The van der Waals surface area contributed by atoms with Gasteiger partial charge in [-0.15, -0.1) is 0 Å². The van der Waals surface area contributed by atoms with Crippen molar-refractivity contribution in [1.82, 2.24) is 0 Å². The minimum absolute atomic E-state index is 0.0143. The van der Waals surface area contributed by atoms with Gasteiger partial charge in [-0.2, -0.15) is 4.89 Å². The fraction of sp³-hybridized carbons (Fsp3) is 1.00. The van der Waals surface area contributed by atoms with Crippen LogP contribution in [0.3, 0.4) is 0 Å². The van der Waals surface area contributed by atoms with Crippen LogP contribution >= 0.6 is 8.03 Å². The Morgan fingerprint density at radius 1 is 0.952 bits per heavy atom. The first-order valence-electron chi connectivity index (χ1n) is 7.77. The molecule has 0 spiro atoms. The average Bonchev–Trinajstić information content (AvgIpc) is 2.35. The zero-order valence-electron chi connectivity index (χ0n) is 14.9. The molecule has 0 aromatic rings. The van der Waals surface area contributed by atoms with E-state index in [4.69, 9.17) is 9.47 Å². The van der Waals surface area contributed by atoms with Crippen LogP contribution in [0.2, 0.25) is 0 Å². The lowest BCUT2D eigenvalue weighted by Crippen LogP contribution is -2.34. The Morgan fingerprint density at radius 2 is 1.43 bits per heavy atom. The van der Waals surface area contributed by atoms with Crippen LogP contribution < -0.4 is 0 Å². The molecule has 0 amide bonds. The van der Waals surface area contributed by atoms with Gasteiger partial charge in [0.1, 0.15) is 0 Å². The van der Waals surface area contributed by atoms with Crippen molar-refractivity contribution < 1.29 is 18.9 Å². The van der Waals surface area contributed by atoms with Gasteiger partial charge in [-0.05, 0) is 22.8 Å². The summed E-state index contributed by atoms with van der Waals surface area (Å²) in [7, 11) is -0.487. The van der Waals surface area contributed by atoms with E-state index in [0.29, 0.717) is 39.1 Å². The first-order chi connectivity index (χ1) is 9.54. The van der Waals surface area contributed by atoms with Gasteiger partial charge in [-0.25, -0.2) is 0 Å². The highest BCUT2D eigenvalue weighted by Crippen LogP contribution is 2.48. The van der Waals surface area contributed by atoms with Crippen molar-refractivity contribution in [2.45, 2.75) is 66.0 Å². The van der Waals surface area contributed by atoms with Crippen LogP contribution in [0.5, 0.6) is 0 Å². The van der Waals surface area contributed by atoms with E-state index in [1.165, 1.54) is 0 Å². The van der Waals surface area contributed by atoms with E-state index in [2.05, 4.69) is 27.7 Å². The molecule has 1 unspecified atom stereocenters. The van der Waals surface area contributed by atoms with Crippen molar-refractivity contribution in [2.75, 3.05) is 26.9 Å². The molecule has 5 heteroatoms. The van der Waals surface area contributed by atoms with E-state index in [1.54, 1.807) is 7.11 Å². The molecule has 0 fully saturated rings. The summed E-state index contributed by atoms with van der Waals surface area (Å²) in [6.07, 6.45) is 2.13. The molecular formula is C16H34O4P+. The zero-order chi connectivity index (χ0) is 16.7. The molecule has 1 N–H and O–H groups in total. The number of hydrogen-bond donors (Lipinski definition) is 1. The van der Waals surface area contributed by atoms with Crippen molar-refractivity contribution in [3.05, 3.63) is 0 Å². The second-order valence-corrected chi connectivity index (χ2v) is 9.13. The standard InChI is InChI=1S/C16H33O4P/c1-8-16(9-2,21(17)18)10-14(3,4)12-20-13-15(5,6)11-19-7/h8-13H2,1-7H3/p+1. The van der Waals surface area contributed by atoms with Gasteiger partial charge in [0.25, 0.3) is 0 Å². The fourth-order valence-corrected chi connectivity index (χ4v) is 3.92. The fourth-order valence-electron chi connectivity index (χ4n) is 2.82. The molecule has 0 saturated carbocycles. The Hall–Kier alpha value is -0.0200. The Morgan fingerprint density at radius 3 is 1.81 bits per heavy atom. The molecule has 0 aliphatic carbocycles. The number of ether oxygens (including phenoxy) is 2. The van der Waals surface area contributed by atoms with Crippen molar-refractivity contribution in [3.63, 3.8) is 0 Å². The van der Waals surface area contributed by atoms with E-state index in [0.717, 1.165) is 0 Å². The lowest BCUT2D eigenvalue weighted by Gasteiger charge is -2.32. The molecule has 0 radical (unpaired) electrons. The van der Waals surface area contributed by atoms with Gasteiger partial charge in [0, 0.05) is 18.9 Å². The minimum atomic E-state index is -2.18. The summed E-state index contributed by atoms with van der Waals surface area (Å²) in [5, 5.41) is -0.496. The molecular weight excluding hydrogens is 287 g/mol. The SMILES string of the molecule is CCC(CC)(CC(C)(C)COCC(C)(C)COC)[P+](=O)O. The number of rotatable bonds is 11. The van der Waals surface area contributed by atoms with E-state index >= 15 is 0 Å². The van der Waals surface area contributed by atoms with Gasteiger partial charge in [0.15, 0.2) is 5.16 Å². The highest BCUT2D eigenvalue weighted by Gasteiger charge is 2.49. The molecule has 0 heterocycles. The summed E-state index contributed by atoms with van der Waals surface area (Å²) < 4.78 is 22.8. The summed E-state index contributed by atoms with van der Waals surface area (Å²) in [5.41, 5.74) is -0.136. The van der Waals surface area contributed by atoms with Gasteiger partial charge in [-0.3, -0.25) is 0 Å². The van der Waals surface area contributed by atoms with Crippen molar-refractivity contribution in [3.8, 4) is 0 Å². The number of methoxy groups -OCH3 is 1. The van der Waals surface area contributed by atoms with Crippen LogP contribution in [0.4, 0.5) is 0 Å². The quantitative estimate of drug-likeness (QED) is 0.574. The second-order valence-electron chi connectivity index (χ2n) is 7.64. The molecule has 0 aliphatic heterocycles. The summed E-state index contributed by atoms with van der Waals surface area (Å²) >= 11 is 0. The maximum Gasteiger partial charge on any atom is 0.511 e. The molecule has 4 nitrogen and oxygen atoms in total. The van der Waals surface area contributed by atoms with Gasteiger partial charge >= 0.3 is 8.03 Å². The molecule has 0 aromatic heterocycles. The topological polar surface area (TPSA) is 55.8 Å². The van der Waals surface area contributed by atoms with E-state index in [9.17, 15) is 9.46 Å². The molecule has 0 bridgehead atoms. The molecule has 0 saturated heterocycles. The lowest BCUT2D eigenvalue weighted by molar-refractivity contribution is -0.0193. The largest absolute Gasteiger partial charge is 0.511 e. The Bertz CT molecular complexity index is 322. The van der Waals surface area contributed by atoms with Crippen molar-refractivity contribution in [2.24, 2.45) is 10.8 Å². The van der Waals surface area contributed by atoms with Crippen LogP contribution in [-0.2, 0) is 14.0 Å². The monoisotopic (exact) mass is 321 g/mol. The van der Waals surface area contributed by atoms with Gasteiger partial charge in [0.05, 0.1) is 19.8 Å². The first-order valence-corrected chi connectivity index (χ1v) is 8.98. The van der Waals surface area contributed by atoms with E-state index < -0.39 is 13.2 Å². The summed E-state index contributed by atoms with van der Waals surface area (Å²) in [5.74, 6) is 0. The Balaban J connectivity index is 4.59. The summed E-state index contributed by atoms with van der Waals surface area (Å²) in [6.45, 7) is 14.3. The average molecular weight is 321 g/mol. The normalized spacial score (nSPS) is 14.4. The third kappa shape index (κ3) is 7.19. The maximum atomic E-state index is 11.8. The summed E-state index contributed by atoms with van der Waals surface area (Å²) in [6, 6.07) is 0. The molecule has 0 aliphatic rings. The first kappa shape index (κ1) is 21.0. The predicted molar refractivity (Wildman–Crippen MR) is 88.0 cm³/mol. The van der Waals surface area contributed by atoms with Crippen LogP contribution in [0, 0.1) is 10.8 Å². The highest BCUT2D eigenvalue weighted by atomic mass is 31.1. The van der Waals surface area contributed by atoms with Gasteiger partial charge < -0.3 is 9.47 Å². The molecule has 21 heavy (non-hydrogen) atoms. The molecule has 0 rings (SSSR count). The van der Waals surface area contributed by atoms with Gasteiger partial charge in [0.2, 0.25) is 0 Å². The van der Waals surface area contributed by atoms with Gasteiger partial charge in [-0.1, -0.05) is 41.5 Å². The van der Waals surface area contributed by atoms with Crippen LogP contribution in [-0.4, -0.2) is 37.0 Å². The molecule has 126 valence electrons. The molecule has 0 aromatic carbocycles. The smallest absolute Gasteiger partial charge is 0.384 e. The van der Waals surface area contributed by atoms with Crippen LogP contribution in [0.1, 0.15) is 60.8 Å². The van der Waals surface area contributed by atoms with Crippen LogP contribution in [0.25, 0.3) is 0 Å². The highest BCUT2D eigenvalue weighted by molar-refractivity contribution is 7.40. The Labute approximate surface area is 131 Å². The number of hydrogen-bond acceptors (Lipinski definition) is 3. The van der Waals surface area contributed by atoms with Crippen LogP contribution in [0.15, 0.2) is 0 Å². The lowest BCUT2D eigenvalue weighted by atomic mass is 9.80. The summed E-state index contributed by atoms with van der Waals surface area (Å²) in [4.78, 5) is 9.70. The Kier molecular flexibility index (Phi) is 8.56. The van der Waals surface area contributed by atoms with E-state index in [-0.39, 0.29) is 10.8 Å². The third-order valence-electron chi connectivity index (χ3n) is 4.05. The van der Waals surface area contributed by atoms with Crippen molar-refractivity contribution in [1.29, 1.82) is 0 Å². The second kappa shape index (κ2) is 8.57. The predicted octanol–water partition coefficient (Wildman–Crippen LogP) is 4.39. The molecule has 1 atom stereocenters. The third-order valence-corrected chi connectivity index (χ3v) is 5.65. The maximum absolute atomic E-state index is 11.8. The van der Waals surface area contributed by atoms with E-state index in [1.807, 2.05) is 13.8 Å². The van der Waals surface area contributed by atoms with Crippen molar-refractivity contribution >= 4 is 8.03 Å².